The van der Waals surface area contributed by atoms with Gasteiger partial charge in [0, 0.05) is 11.8 Å². The van der Waals surface area contributed by atoms with Crippen LogP contribution in [0, 0.1) is 35.5 Å². The monoisotopic (exact) mass is 302 g/mol. The Balaban J connectivity index is 2.09. The van der Waals surface area contributed by atoms with Crippen molar-refractivity contribution in [3.63, 3.8) is 0 Å². The van der Waals surface area contributed by atoms with Gasteiger partial charge in [-0.3, -0.25) is 4.79 Å². The Bertz CT molecular complexity index is 459. The van der Waals surface area contributed by atoms with Gasteiger partial charge < -0.3 is 0 Å². The molecule has 0 heterocycles. The number of rotatable bonds is 4. The van der Waals surface area contributed by atoms with E-state index in [1.54, 1.807) is 0 Å². The van der Waals surface area contributed by atoms with E-state index < -0.39 is 0 Å². The Morgan fingerprint density at radius 3 is 2.41 bits per heavy atom. The number of carbonyl (C=O) groups excluding carboxylic acids is 1. The molecular formula is C21H34O. The van der Waals surface area contributed by atoms with Crippen LogP contribution in [0.2, 0.25) is 0 Å². The number of Topliss-reactive ketones (excluding diaryl/α,β-unsaturated/α-hetero) is 1. The first-order valence-corrected chi connectivity index (χ1v) is 9.20. The Morgan fingerprint density at radius 2 is 1.77 bits per heavy atom. The first kappa shape index (κ1) is 17.5. The van der Waals surface area contributed by atoms with Gasteiger partial charge in [-0.15, -0.1) is 0 Å². The third kappa shape index (κ3) is 3.55. The van der Waals surface area contributed by atoms with Crippen LogP contribution >= 0.6 is 0 Å². The predicted octanol–water partition coefficient (Wildman–Crippen LogP) is 5.81. The van der Waals surface area contributed by atoms with Crippen LogP contribution in [0.5, 0.6) is 0 Å². The maximum Gasteiger partial charge on any atom is 0.139 e. The highest BCUT2D eigenvalue weighted by Gasteiger charge is 2.40. The van der Waals surface area contributed by atoms with Crippen LogP contribution in [0.1, 0.15) is 66.7 Å². The van der Waals surface area contributed by atoms with E-state index >= 15 is 0 Å². The lowest BCUT2D eigenvalue weighted by molar-refractivity contribution is -0.132. The van der Waals surface area contributed by atoms with Crippen molar-refractivity contribution in [1.29, 1.82) is 0 Å². The highest BCUT2D eigenvalue weighted by atomic mass is 16.1. The van der Waals surface area contributed by atoms with Crippen molar-refractivity contribution in [2.24, 2.45) is 35.5 Å². The summed E-state index contributed by atoms with van der Waals surface area (Å²) in [6.45, 7) is 15.4. The van der Waals surface area contributed by atoms with Gasteiger partial charge >= 0.3 is 0 Å². The molecule has 0 spiro atoms. The van der Waals surface area contributed by atoms with Crippen molar-refractivity contribution < 1.29 is 4.79 Å². The second-order valence-corrected chi connectivity index (χ2v) is 8.17. The summed E-state index contributed by atoms with van der Waals surface area (Å²) in [6, 6.07) is 0. The van der Waals surface area contributed by atoms with Gasteiger partial charge in [0.05, 0.1) is 0 Å². The molecule has 1 saturated carbocycles. The van der Waals surface area contributed by atoms with E-state index in [-0.39, 0.29) is 5.92 Å². The van der Waals surface area contributed by atoms with Crippen LogP contribution in [0.25, 0.3) is 0 Å². The smallest absolute Gasteiger partial charge is 0.139 e. The van der Waals surface area contributed by atoms with E-state index in [9.17, 15) is 4.79 Å². The molecule has 1 nitrogen and oxygen atoms in total. The third-order valence-electron chi connectivity index (χ3n) is 6.60. The zero-order chi connectivity index (χ0) is 16.4. The molecule has 0 amide bonds. The zero-order valence-corrected chi connectivity index (χ0v) is 15.2. The van der Waals surface area contributed by atoms with Gasteiger partial charge in [0.15, 0.2) is 0 Å². The zero-order valence-electron chi connectivity index (χ0n) is 15.2. The standard InChI is InChI=1S/C21H34O/c1-13(2)12-18-8-7-9-19(17(18)6)21(22)20-11-10-14(3)15(4)16(20)5/h8,14-17,19-20H,1,7,9-12H2,2-6H3. The molecule has 2 aliphatic rings. The number of carbonyl (C=O) groups is 1. The molecule has 0 aromatic heterocycles. The van der Waals surface area contributed by atoms with E-state index in [0.717, 1.165) is 31.6 Å². The first-order chi connectivity index (χ1) is 10.3. The van der Waals surface area contributed by atoms with Crippen molar-refractivity contribution in [2.75, 3.05) is 0 Å². The van der Waals surface area contributed by atoms with Crippen LogP contribution in [0.15, 0.2) is 23.8 Å². The van der Waals surface area contributed by atoms with Gasteiger partial charge in [-0.2, -0.15) is 0 Å². The van der Waals surface area contributed by atoms with Gasteiger partial charge in [-0.1, -0.05) is 51.5 Å². The second-order valence-electron chi connectivity index (χ2n) is 8.17. The average Bonchev–Trinajstić information content (AvgIpc) is 2.46. The van der Waals surface area contributed by atoms with Crippen LogP contribution < -0.4 is 0 Å². The summed E-state index contributed by atoms with van der Waals surface area (Å²) < 4.78 is 0. The van der Waals surface area contributed by atoms with Crippen LogP contribution in [-0.4, -0.2) is 5.78 Å². The summed E-state index contributed by atoms with van der Waals surface area (Å²) >= 11 is 0. The second kappa shape index (κ2) is 7.15. The molecule has 0 N–H and O–H groups in total. The molecule has 2 rings (SSSR count). The minimum Gasteiger partial charge on any atom is -0.299 e. The molecule has 6 unspecified atom stereocenters. The Morgan fingerprint density at radius 1 is 1.09 bits per heavy atom. The Labute approximate surface area is 137 Å². The summed E-state index contributed by atoms with van der Waals surface area (Å²) in [5.41, 5.74) is 2.65. The summed E-state index contributed by atoms with van der Waals surface area (Å²) in [5.74, 6) is 3.48. The molecule has 0 bridgehead atoms. The average molecular weight is 303 g/mol. The largest absolute Gasteiger partial charge is 0.299 e. The van der Waals surface area contributed by atoms with Crippen molar-refractivity contribution in [3.8, 4) is 0 Å². The van der Waals surface area contributed by atoms with Crippen molar-refractivity contribution >= 4 is 5.78 Å². The highest BCUT2D eigenvalue weighted by Crippen LogP contribution is 2.43. The minimum absolute atomic E-state index is 0.243. The quantitative estimate of drug-likeness (QED) is 0.599. The fourth-order valence-corrected chi connectivity index (χ4v) is 4.64. The summed E-state index contributed by atoms with van der Waals surface area (Å²) in [7, 11) is 0. The molecule has 22 heavy (non-hydrogen) atoms. The molecule has 6 atom stereocenters. The Hall–Kier alpha value is -0.850. The third-order valence-corrected chi connectivity index (χ3v) is 6.60. The molecule has 0 saturated heterocycles. The molecule has 124 valence electrons. The number of allylic oxidation sites excluding steroid dienone is 3. The molecule has 0 aromatic rings. The summed E-state index contributed by atoms with van der Waals surface area (Å²) in [4.78, 5) is 13.2. The molecular weight excluding hydrogens is 268 g/mol. The molecule has 1 heteroatoms. The van der Waals surface area contributed by atoms with Gasteiger partial charge in [-0.05, 0) is 62.7 Å². The SMILES string of the molecule is C=C(C)CC1=CCCC(C(=O)C2CCC(C)C(C)C2C)C1C. The van der Waals surface area contributed by atoms with E-state index in [4.69, 9.17) is 0 Å². The van der Waals surface area contributed by atoms with Crippen LogP contribution in [0.4, 0.5) is 0 Å². The molecule has 2 aliphatic carbocycles. The number of hydrogen-bond acceptors (Lipinski definition) is 1. The predicted molar refractivity (Wildman–Crippen MR) is 94.6 cm³/mol. The molecule has 1 fully saturated rings. The van der Waals surface area contributed by atoms with E-state index in [2.05, 4.69) is 47.3 Å². The lowest BCUT2D eigenvalue weighted by Gasteiger charge is -2.40. The normalized spacial score (nSPS) is 39.2. The van der Waals surface area contributed by atoms with Gasteiger partial charge in [0.2, 0.25) is 0 Å². The minimum atomic E-state index is 0.243. The topological polar surface area (TPSA) is 17.1 Å². The number of hydrogen-bond donors (Lipinski definition) is 0. The van der Waals surface area contributed by atoms with E-state index in [1.807, 2.05) is 0 Å². The Kier molecular flexibility index (Phi) is 5.69. The number of ketones is 1. The first-order valence-electron chi connectivity index (χ1n) is 9.20. The van der Waals surface area contributed by atoms with Crippen molar-refractivity contribution in [1.82, 2.24) is 0 Å². The highest BCUT2D eigenvalue weighted by molar-refractivity contribution is 5.84. The van der Waals surface area contributed by atoms with Crippen molar-refractivity contribution in [2.45, 2.75) is 66.7 Å². The fraction of sp³-hybridized carbons (Fsp3) is 0.762. The maximum atomic E-state index is 13.2. The lowest BCUT2D eigenvalue weighted by Crippen LogP contribution is -2.39. The van der Waals surface area contributed by atoms with Gasteiger partial charge in [0.25, 0.3) is 0 Å². The van der Waals surface area contributed by atoms with Crippen LogP contribution in [-0.2, 0) is 4.79 Å². The van der Waals surface area contributed by atoms with Gasteiger partial charge in [-0.25, -0.2) is 0 Å². The van der Waals surface area contributed by atoms with E-state index in [1.165, 1.54) is 17.6 Å². The lowest BCUT2D eigenvalue weighted by atomic mass is 9.63. The summed E-state index contributed by atoms with van der Waals surface area (Å²) in [5, 5.41) is 0. The molecule has 0 radical (unpaired) electrons. The maximum absolute atomic E-state index is 13.2. The summed E-state index contributed by atoms with van der Waals surface area (Å²) in [6.07, 6.45) is 7.77. The molecule has 0 aromatic carbocycles. The fourth-order valence-electron chi connectivity index (χ4n) is 4.64. The van der Waals surface area contributed by atoms with Gasteiger partial charge in [0.1, 0.15) is 5.78 Å². The van der Waals surface area contributed by atoms with E-state index in [0.29, 0.717) is 29.5 Å². The van der Waals surface area contributed by atoms with Crippen molar-refractivity contribution in [3.05, 3.63) is 23.8 Å². The molecule has 0 aliphatic heterocycles. The van der Waals surface area contributed by atoms with Crippen LogP contribution in [0.3, 0.4) is 0 Å².